The zero-order valence-electron chi connectivity index (χ0n) is 11.7. The number of aryl methyl sites for hydroxylation is 1. The van der Waals surface area contributed by atoms with Gasteiger partial charge < -0.3 is 11.1 Å². The minimum Gasteiger partial charge on any atom is -0.347 e. The Labute approximate surface area is 118 Å². The van der Waals surface area contributed by atoms with Crippen LogP contribution in [0.15, 0.2) is 5.38 Å². The van der Waals surface area contributed by atoms with Crippen molar-refractivity contribution in [1.82, 2.24) is 10.3 Å². The van der Waals surface area contributed by atoms with Crippen LogP contribution in [0.4, 0.5) is 0 Å². The second-order valence-electron chi connectivity index (χ2n) is 5.42. The van der Waals surface area contributed by atoms with Gasteiger partial charge in [0.15, 0.2) is 0 Å². The predicted molar refractivity (Wildman–Crippen MR) is 78.0 cm³/mol. The Hall–Kier alpha value is -0.940. The molecule has 1 fully saturated rings. The molecule has 3 N–H and O–H groups in total. The maximum Gasteiger partial charge on any atom is 0.223 e. The van der Waals surface area contributed by atoms with Crippen molar-refractivity contribution in [2.75, 3.05) is 0 Å². The zero-order valence-corrected chi connectivity index (χ0v) is 12.5. The van der Waals surface area contributed by atoms with Crippen molar-refractivity contribution in [3.63, 3.8) is 0 Å². The first-order valence-electron chi connectivity index (χ1n) is 7.08. The van der Waals surface area contributed by atoms with E-state index in [0.717, 1.165) is 42.8 Å². The predicted octanol–water partition coefficient (Wildman–Crippen LogP) is 2.54. The normalized spacial score (nSPS) is 25.0. The minimum absolute atomic E-state index is 0.0457. The molecule has 1 amide bonds. The molecule has 1 aromatic heterocycles. The average Bonchev–Trinajstić information content (AvgIpc) is 2.82. The summed E-state index contributed by atoms with van der Waals surface area (Å²) in [5.74, 6) is 0.230. The van der Waals surface area contributed by atoms with Gasteiger partial charge in [-0.15, -0.1) is 11.3 Å². The lowest BCUT2D eigenvalue weighted by Gasteiger charge is -2.27. The lowest BCUT2D eigenvalue weighted by Crippen LogP contribution is -2.39. The highest BCUT2D eigenvalue weighted by Crippen LogP contribution is 2.26. The summed E-state index contributed by atoms with van der Waals surface area (Å²) in [7, 11) is 0. The van der Waals surface area contributed by atoms with Crippen LogP contribution in [0.5, 0.6) is 0 Å². The molecule has 1 saturated carbocycles. The smallest absolute Gasteiger partial charge is 0.223 e. The Morgan fingerprint density at radius 3 is 3.00 bits per heavy atom. The van der Waals surface area contributed by atoms with Crippen molar-refractivity contribution in [2.45, 2.75) is 58.0 Å². The average molecular weight is 281 g/mol. The SMILES string of the molecule is CCC(NC(=O)C1CCCC(N)C1)c1nc(C)cs1. The van der Waals surface area contributed by atoms with Crippen LogP contribution < -0.4 is 11.1 Å². The number of nitrogens with zero attached hydrogens (tertiary/aromatic N) is 1. The topological polar surface area (TPSA) is 68.0 Å². The maximum atomic E-state index is 12.3. The number of carbonyl (C=O) groups is 1. The van der Waals surface area contributed by atoms with Crippen LogP contribution in [0.25, 0.3) is 0 Å². The van der Waals surface area contributed by atoms with Crippen LogP contribution in [0, 0.1) is 12.8 Å². The largest absolute Gasteiger partial charge is 0.347 e. The maximum absolute atomic E-state index is 12.3. The number of thiazole rings is 1. The van der Waals surface area contributed by atoms with Crippen LogP contribution in [-0.2, 0) is 4.79 Å². The van der Waals surface area contributed by atoms with Gasteiger partial charge in [-0.05, 0) is 32.6 Å². The summed E-state index contributed by atoms with van der Waals surface area (Å²) in [5.41, 5.74) is 6.97. The van der Waals surface area contributed by atoms with E-state index < -0.39 is 0 Å². The van der Waals surface area contributed by atoms with Crippen LogP contribution in [0.1, 0.15) is 55.8 Å². The molecule has 0 spiro atoms. The van der Waals surface area contributed by atoms with E-state index >= 15 is 0 Å². The van der Waals surface area contributed by atoms with Gasteiger partial charge in [0.05, 0.1) is 6.04 Å². The zero-order chi connectivity index (χ0) is 13.8. The van der Waals surface area contributed by atoms with Gasteiger partial charge in [-0.2, -0.15) is 0 Å². The van der Waals surface area contributed by atoms with Crippen LogP contribution in [0.2, 0.25) is 0 Å². The number of amides is 1. The summed E-state index contributed by atoms with van der Waals surface area (Å²) in [6.45, 7) is 4.06. The molecule has 106 valence electrons. The quantitative estimate of drug-likeness (QED) is 0.891. The highest BCUT2D eigenvalue weighted by Gasteiger charge is 2.27. The fourth-order valence-corrected chi connectivity index (χ4v) is 3.56. The Bertz CT molecular complexity index is 432. The Morgan fingerprint density at radius 1 is 1.63 bits per heavy atom. The molecule has 0 aromatic carbocycles. The van der Waals surface area contributed by atoms with Gasteiger partial charge >= 0.3 is 0 Å². The highest BCUT2D eigenvalue weighted by molar-refractivity contribution is 7.09. The summed E-state index contributed by atoms with van der Waals surface area (Å²) >= 11 is 1.62. The molecule has 2 rings (SSSR count). The summed E-state index contributed by atoms with van der Waals surface area (Å²) < 4.78 is 0. The fraction of sp³-hybridized carbons (Fsp3) is 0.714. The molecule has 3 unspecified atom stereocenters. The van der Waals surface area contributed by atoms with Crippen molar-refractivity contribution in [3.8, 4) is 0 Å². The van der Waals surface area contributed by atoms with E-state index in [4.69, 9.17) is 5.73 Å². The van der Waals surface area contributed by atoms with Gasteiger partial charge in [-0.25, -0.2) is 4.98 Å². The first kappa shape index (κ1) is 14.5. The Balaban J connectivity index is 1.96. The van der Waals surface area contributed by atoms with E-state index in [-0.39, 0.29) is 23.9 Å². The van der Waals surface area contributed by atoms with E-state index in [2.05, 4.69) is 17.2 Å². The third-order valence-electron chi connectivity index (χ3n) is 3.75. The first-order valence-corrected chi connectivity index (χ1v) is 7.96. The number of rotatable bonds is 4. The van der Waals surface area contributed by atoms with E-state index in [0.29, 0.717) is 0 Å². The van der Waals surface area contributed by atoms with E-state index in [9.17, 15) is 4.79 Å². The van der Waals surface area contributed by atoms with E-state index in [1.165, 1.54) is 0 Å². The third-order valence-corrected chi connectivity index (χ3v) is 4.82. The molecule has 1 heterocycles. The van der Waals surface area contributed by atoms with Crippen molar-refractivity contribution >= 4 is 17.2 Å². The number of nitrogens with one attached hydrogen (secondary N) is 1. The monoisotopic (exact) mass is 281 g/mol. The highest BCUT2D eigenvalue weighted by atomic mass is 32.1. The minimum atomic E-state index is 0.0457. The third kappa shape index (κ3) is 3.76. The van der Waals surface area contributed by atoms with Crippen LogP contribution in [0.3, 0.4) is 0 Å². The lowest BCUT2D eigenvalue weighted by molar-refractivity contribution is -0.126. The fourth-order valence-electron chi connectivity index (χ4n) is 2.63. The number of aromatic nitrogens is 1. The molecule has 19 heavy (non-hydrogen) atoms. The van der Waals surface area contributed by atoms with Crippen molar-refractivity contribution in [2.24, 2.45) is 11.7 Å². The van der Waals surface area contributed by atoms with Crippen molar-refractivity contribution < 1.29 is 4.79 Å². The molecule has 5 heteroatoms. The van der Waals surface area contributed by atoms with Crippen LogP contribution in [-0.4, -0.2) is 16.9 Å². The van der Waals surface area contributed by atoms with Crippen molar-refractivity contribution in [1.29, 1.82) is 0 Å². The Morgan fingerprint density at radius 2 is 2.42 bits per heavy atom. The number of nitrogens with two attached hydrogens (primary N) is 1. The summed E-state index contributed by atoms with van der Waals surface area (Å²) in [4.78, 5) is 16.8. The number of hydrogen-bond acceptors (Lipinski definition) is 4. The molecule has 4 nitrogen and oxygen atoms in total. The van der Waals surface area contributed by atoms with Gasteiger partial charge in [-0.3, -0.25) is 4.79 Å². The van der Waals surface area contributed by atoms with E-state index in [1.54, 1.807) is 11.3 Å². The molecule has 0 radical (unpaired) electrons. The molecular formula is C14H23N3OS. The number of carbonyl (C=O) groups excluding carboxylic acids is 1. The molecule has 1 aromatic rings. The molecule has 1 aliphatic carbocycles. The summed E-state index contributed by atoms with van der Waals surface area (Å²) in [6, 6.07) is 0.232. The molecule has 0 bridgehead atoms. The standard InChI is InChI=1S/C14H23N3OS/c1-3-12(14-16-9(2)8-19-14)17-13(18)10-5-4-6-11(15)7-10/h8,10-12H,3-7,15H2,1-2H3,(H,17,18). The second kappa shape index (κ2) is 6.48. The van der Waals surface area contributed by atoms with Crippen LogP contribution >= 0.6 is 11.3 Å². The molecule has 1 aliphatic rings. The van der Waals surface area contributed by atoms with E-state index in [1.807, 2.05) is 12.3 Å². The first-order chi connectivity index (χ1) is 9.10. The lowest BCUT2D eigenvalue weighted by atomic mass is 9.85. The van der Waals surface area contributed by atoms with Gasteiger partial charge in [-0.1, -0.05) is 13.3 Å². The van der Waals surface area contributed by atoms with Gasteiger partial charge in [0.1, 0.15) is 5.01 Å². The molecule has 0 aliphatic heterocycles. The van der Waals surface area contributed by atoms with Gasteiger partial charge in [0.25, 0.3) is 0 Å². The van der Waals surface area contributed by atoms with Crippen molar-refractivity contribution in [3.05, 3.63) is 16.1 Å². The molecule has 0 saturated heterocycles. The van der Waals surface area contributed by atoms with Gasteiger partial charge in [0.2, 0.25) is 5.91 Å². The second-order valence-corrected chi connectivity index (χ2v) is 6.31. The molecule has 3 atom stereocenters. The summed E-state index contributed by atoms with van der Waals surface area (Å²) in [6.07, 6.45) is 4.77. The van der Waals surface area contributed by atoms with Gasteiger partial charge in [0, 0.05) is 23.0 Å². The number of hydrogen-bond donors (Lipinski definition) is 2. The Kier molecular flexibility index (Phi) is 4.93. The summed E-state index contributed by atoms with van der Waals surface area (Å²) in [5, 5.41) is 6.18. The molecular weight excluding hydrogens is 258 g/mol.